The number of hydrogen-bond donors (Lipinski definition) is 2. The molecule has 0 aromatic heterocycles. The fraction of sp³-hybridized carbons (Fsp3) is 0.368. The number of nitrogens with two attached hydrogens (primary N) is 1. The monoisotopic (exact) mass is 298 g/mol. The van der Waals surface area contributed by atoms with Gasteiger partial charge >= 0.3 is 0 Å². The van der Waals surface area contributed by atoms with Crippen molar-refractivity contribution in [2.75, 3.05) is 24.2 Å². The summed E-state index contributed by atoms with van der Waals surface area (Å²) in [5.74, 6) is 0.777. The van der Waals surface area contributed by atoms with Gasteiger partial charge in [-0.3, -0.25) is 0 Å². The van der Waals surface area contributed by atoms with Crippen molar-refractivity contribution in [2.45, 2.75) is 33.6 Å². The molecule has 3 heteroatoms. The van der Waals surface area contributed by atoms with Gasteiger partial charge in [-0.1, -0.05) is 23.8 Å². The third-order valence-electron chi connectivity index (χ3n) is 3.71. The highest BCUT2D eigenvalue weighted by atomic mass is 16.5. The second-order valence-corrected chi connectivity index (χ2v) is 5.65. The lowest BCUT2D eigenvalue weighted by Crippen LogP contribution is -2.05. The maximum Gasteiger partial charge on any atom is 0.142 e. The summed E-state index contributed by atoms with van der Waals surface area (Å²) in [5, 5.41) is 3.50. The molecule has 0 unspecified atom stereocenters. The van der Waals surface area contributed by atoms with Gasteiger partial charge in [-0.2, -0.15) is 0 Å². The number of anilines is 2. The van der Waals surface area contributed by atoms with Gasteiger partial charge in [0, 0.05) is 12.2 Å². The Morgan fingerprint density at radius 3 is 2.59 bits per heavy atom. The summed E-state index contributed by atoms with van der Waals surface area (Å²) in [6, 6.07) is 12.6. The van der Waals surface area contributed by atoms with Crippen LogP contribution < -0.4 is 15.8 Å². The van der Waals surface area contributed by atoms with Crippen LogP contribution in [0.3, 0.4) is 0 Å². The van der Waals surface area contributed by atoms with E-state index in [1.165, 1.54) is 22.4 Å². The van der Waals surface area contributed by atoms with Crippen LogP contribution in [0.25, 0.3) is 0 Å². The van der Waals surface area contributed by atoms with Crippen molar-refractivity contribution >= 4 is 11.4 Å². The first-order valence-corrected chi connectivity index (χ1v) is 7.92. The topological polar surface area (TPSA) is 47.3 Å². The van der Waals surface area contributed by atoms with Crippen molar-refractivity contribution in [2.24, 2.45) is 0 Å². The van der Waals surface area contributed by atoms with E-state index in [-0.39, 0.29) is 0 Å². The normalized spacial score (nSPS) is 10.5. The molecule has 0 bridgehead atoms. The average molecular weight is 298 g/mol. The number of rotatable bonds is 7. The van der Waals surface area contributed by atoms with Gasteiger partial charge in [0.25, 0.3) is 0 Å². The van der Waals surface area contributed by atoms with E-state index >= 15 is 0 Å². The molecule has 0 amide bonds. The van der Waals surface area contributed by atoms with Gasteiger partial charge in [-0.05, 0) is 62.9 Å². The van der Waals surface area contributed by atoms with E-state index < -0.39 is 0 Å². The second kappa shape index (κ2) is 7.74. The van der Waals surface area contributed by atoms with Crippen LogP contribution in [0.2, 0.25) is 0 Å². The first-order valence-electron chi connectivity index (χ1n) is 7.92. The van der Waals surface area contributed by atoms with Crippen molar-refractivity contribution in [3.8, 4) is 5.75 Å². The zero-order valence-electron chi connectivity index (χ0n) is 13.8. The SMILES string of the molecule is CCOc1ccc(CCCNc2ccc(C)cc2C)cc1N. The van der Waals surface area contributed by atoms with Gasteiger partial charge in [0.2, 0.25) is 0 Å². The summed E-state index contributed by atoms with van der Waals surface area (Å²) in [6.45, 7) is 7.82. The van der Waals surface area contributed by atoms with Crippen molar-refractivity contribution in [1.82, 2.24) is 0 Å². The first-order chi connectivity index (χ1) is 10.6. The number of nitrogen functional groups attached to an aromatic ring is 1. The van der Waals surface area contributed by atoms with Crippen LogP contribution in [0.4, 0.5) is 11.4 Å². The van der Waals surface area contributed by atoms with Crippen LogP contribution in [0.15, 0.2) is 36.4 Å². The molecule has 0 aliphatic rings. The molecule has 0 fully saturated rings. The Labute approximate surface area is 133 Å². The molecule has 0 saturated carbocycles. The Morgan fingerprint density at radius 1 is 1.09 bits per heavy atom. The number of hydrogen-bond acceptors (Lipinski definition) is 3. The van der Waals surface area contributed by atoms with Crippen molar-refractivity contribution < 1.29 is 4.74 Å². The Kier molecular flexibility index (Phi) is 5.70. The summed E-state index contributed by atoms with van der Waals surface area (Å²) in [4.78, 5) is 0. The van der Waals surface area contributed by atoms with Gasteiger partial charge in [0.1, 0.15) is 5.75 Å². The number of aryl methyl sites for hydroxylation is 3. The molecule has 2 aromatic rings. The standard InChI is InChI=1S/C19H26N2O/c1-4-22-19-10-8-16(13-17(19)20)6-5-11-21-18-9-7-14(2)12-15(18)3/h7-10,12-13,21H,4-6,11,20H2,1-3H3. The van der Waals surface area contributed by atoms with Gasteiger partial charge in [-0.15, -0.1) is 0 Å². The average Bonchev–Trinajstić information content (AvgIpc) is 2.48. The van der Waals surface area contributed by atoms with Crippen molar-refractivity contribution in [3.63, 3.8) is 0 Å². The summed E-state index contributed by atoms with van der Waals surface area (Å²) in [7, 11) is 0. The van der Waals surface area contributed by atoms with E-state index in [9.17, 15) is 0 Å². The Balaban J connectivity index is 1.82. The molecule has 3 N–H and O–H groups in total. The fourth-order valence-corrected chi connectivity index (χ4v) is 2.57. The maximum absolute atomic E-state index is 6.00. The smallest absolute Gasteiger partial charge is 0.142 e. The zero-order valence-corrected chi connectivity index (χ0v) is 13.8. The van der Waals surface area contributed by atoms with Crippen molar-refractivity contribution in [1.29, 1.82) is 0 Å². The molecule has 0 spiro atoms. The minimum absolute atomic E-state index is 0.642. The lowest BCUT2D eigenvalue weighted by molar-refractivity contribution is 0.342. The Hall–Kier alpha value is -2.16. The molecule has 2 rings (SSSR count). The van der Waals surface area contributed by atoms with E-state index in [1.54, 1.807) is 0 Å². The minimum atomic E-state index is 0.642. The molecule has 3 nitrogen and oxygen atoms in total. The number of benzene rings is 2. The molecule has 0 aliphatic heterocycles. The predicted molar refractivity (Wildman–Crippen MR) is 94.8 cm³/mol. The summed E-state index contributed by atoms with van der Waals surface area (Å²) in [5.41, 5.74) is 11.8. The van der Waals surface area contributed by atoms with Crippen LogP contribution in [0, 0.1) is 13.8 Å². The highest BCUT2D eigenvalue weighted by Gasteiger charge is 2.02. The van der Waals surface area contributed by atoms with E-state index in [1.807, 2.05) is 19.1 Å². The van der Waals surface area contributed by atoms with Gasteiger partial charge in [0.15, 0.2) is 0 Å². The summed E-state index contributed by atoms with van der Waals surface area (Å²) >= 11 is 0. The molecule has 0 aliphatic carbocycles. The van der Waals surface area contributed by atoms with E-state index in [0.717, 1.165) is 30.8 Å². The quantitative estimate of drug-likeness (QED) is 0.591. The van der Waals surface area contributed by atoms with Crippen LogP contribution >= 0.6 is 0 Å². The highest BCUT2D eigenvalue weighted by molar-refractivity contribution is 5.54. The molecule has 0 radical (unpaired) electrons. The van der Waals surface area contributed by atoms with E-state index in [4.69, 9.17) is 10.5 Å². The van der Waals surface area contributed by atoms with Gasteiger partial charge in [-0.25, -0.2) is 0 Å². The predicted octanol–water partition coefficient (Wildman–Crippen LogP) is 4.33. The third kappa shape index (κ3) is 4.42. The Morgan fingerprint density at radius 2 is 1.91 bits per heavy atom. The number of ether oxygens (including phenoxy) is 1. The lowest BCUT2D eigenvalue weighted by Gasteiger charge is -2.11. The van der Waals surface area contributed by atoms with Crippen LogP contribution in [0.5, 0.6) is 5.75 Å². The summed E-state index contributed by atoms with van der Waals surface area (Å²) < 4.78 is 5.46. The van der Waals surface area contributed by atoms with Crippen LogP contribution in [0.1, 0.15) is 30.0 Å². The molecule has 2 aromatic carbocycles. The molecule has 0 atom stereocenters. The summed E-state index contributed by atoms with van der Waals surface area (Å²) in [6.07, 6.45) is 2.08. The molecule has 0 saturated heterocycles. The molecular weight excluding hydrogens is 272 g/mol. The van der Waals surface area contributed by atoms with E-state index in [0.29, 0.717) is 6.61 Å². The lowest BCUT2D eigenvalue weighted by atomic mass is 10.1. The van der Waals surface area contributed by atoms with Gasteiger partial charge < -0.3 is 15.8 Å². The molecule has 118 valence electrons. The largest absolute Gasteiger partial charge is 0.492 e. The van der Waals surface area contributed by atoms with Crippen molar-refractivity contribution in [3.05, 3.63) is 53.1 Å². The molecule has 22 heavy (non-hydrogen) atoms. The van der Waals surface area contributed by atoms with Gasteiger partial charge in [0.05, 0.1) is 12.3 Å². The minimum Gasteiger partial charge on any atom is -0.492 e. The van der Waals surface area contributed by atoms with E-state index in [2.05, 4.69) is 43.4 Å². The second-order valence-electron chi connectivity index (χ2n) is 5.65. The highest BCUT2D eigenvalue weighted by Crippen LogP contribution is 2.23. The zero-order chi connectivity index (χ0) is 15.9. The molecular formula is C19H26N2O. The third-order valence-corrected chi connectivity index (χ3v) is 3.71. The van der Waals surface area contributed by atoms with Crippen LogP contribution in [-0.2, 0) is 6.42 Å². The Bertz CT molecular complexity index is 623. The first kappa shape index (κ1) is 16.2. The molecule has 0 heterocycles. The maximum atomic E-state index is 6.00. The van der Waals surface area contributed by atoms with Crippen LogP contribution in [-0.4, -0.2) is 13.2 Å². The number of nitrogens with one attached hydrogen (secondary N) is 1. The fourth-order valence-electron chi connectivity index (χ4n) is 2.57.